The summed E-state index contributed by atoms with van der Waals surface area (Å²) in [6.07, 6.45) is 9.20. The van der Waals surface area contributed by atoms with Gasteiger partial charge in [0.15, 0.2) is 23.9 Å². The Morgan fingerprint density at radius 1 is 1.35 bits per heavy atom. The van der Waals surface area contributed by atoms with Crippen LogP contribution in [0.4, 0.5) is 0 Å². The molecule has 5 nitrogen and oxygen atoms in total. The van der Waals surface area contributed by atoms with E-state index in [4.69, 9.17) is 4.74 Å². The predicted octanol–water partition coefficient (Wildman–Crippen LogP) is 2.77. The number of ketones is 1. The van der Waals surface area contributed by atoms with Crippen LogP contribution in [0.25, 0.3) is 0 Å². The van der Waals surface area contributed by atoms with Crippen molar-refractivity contribution in [2.24, 2.45) is 5.92 Å². The molecule has 0 aromatic heterocycles. The molecule has 1 aliphatic heterocycles. The molecule has 1 fully saturated rings. The molecule has 3 rings (SSSR count). The van der Waals surface area contributed by atoms with E-state index in [0.717, 1.165) is 30.0 Å². The molecule has 1 saturated carbocycles. The van der Waals surface area contributed by atoms with Crippen LogP contribution in [0, 0.1) is 5.92 Å². The number of phenols is 1. The third-order valence-corrected chi connectivity index (χ3v) is 4.98. The van der Waals surface area contributed by atoms with Crippen molar-refractivity contribution in [2.45, 2.75) is 38.2 Å². The lowest BCUT2D eigenvalue weighted by Crippen LogP contribution is -2.19. The van der Waals surface area contributed by atoms with E-state index >= 15 is 0 Å². The van der Waals surface area contributed by atoms with Crippen molar-refractivity contribution in [3.63, 3.8) is 0 Å². The Morgan fingerprint density at radius 2 is 2.12 bits per heavy atom. The van der Waals surface area contributed by atoms with Crippen LogP contribution in [0.15, 0.2) is 36.6 Å². The number of carbonyl (C=O) groups excluding carboxylic acids is 1. The van der Waals surface area contributed by atoms with Crippen LogP contribution in [-0.4, -0.2) is 47.2 Å². The fourth-order valence-electron chi connectivity index (χ4n) is 3.36. The van der Waals surface area contributed by atoms with Crippen LogP contribution < -0.4 is 4.74 Å². The number of carbonyl (C=O) groups is 1. The van der Waals surface area contributed by atoms with Gasteiger partial charge in [-0.1, -0.05) is 25.1 Å². The quantitative estimate of drug-likeness (QED) is 0.848. The molecule has 2 unspecified atom stereocenters. The van der Waals surface area contributed by atoms with Gasteiger partial charge in [0.25, 0.3) is 0 Å². The molecule has 2 N–H and O–H groups in total. The van der Waals surface area contributed by atoms with Gasteiger partial charge in [0.1, 0.15) is 0 Å². The van der Waals surface area contributed by atoms with Gasteiger partial charge in [-0.25, -0.2) is 0 Å². The molecule has 2 atom stereocenters. The van der Waals surface area contributed by atoms with Crippen LogP contribution in [0.5, 0.6) is 11.5 Å². The maximum Gasteiger partial charge on any atom is 0.192 e. The number of benzene rings is 1. The molecule has 1 aliphatic carbocycles. The summed E-state index contributed by atoms with van der Waals surface area (Å²) in [5.41, 5.74) is 1.73. The number of fused-ring (bicyclic) bond motifs is 1. The van der Waals surface area contributed by atoms with Crippen molar-refractivity contribution in [1.82, 2.24) is 4.90 Å². The number of aliphatic hydroxyl groups excluding tert-OH is 1. The van der Waals surface area contributed by atoms with E-state index < -0.39 is 12.0 Å². The van der Waals surface area contributed by atoms with Crippen LogP contribution >= 0.6 is 0 Å². The Kier molecular flexibility index (Phi) is 5.67. The second kappa shape index (κ2) is 7.96. The third kappa shape index (κ3) is 4.28. The number of rotatable bonds is 5. The number of aryl methyl sites for hydroxylation is 1. The highest BCUT2D eigenvalue weighted by atomic mass is 16.5. The SMILES string of the molecule is CCc1ccc(O)c2c1C(C=CN(C)CC1CC1)C(O)C=CC(=O)CO2. The molecular weight excluding hydrogens is 330 g/mol. The van der Waals surface area contributed by atoms with E-state index in [-0.39, 0.29) is 18.1 Å². The van der Waals surface area contributed by atoms with Gasteiger partial charge < -0.3 is 19.8 Å². The Labute approximate surface area is 154 Å². The fourth-order valence-corrected chi connectivity index (χ4v) is 3.36. The number of hydrogen-bond donors (Lipinski definition) is 2. The smallest absolute Gasteiger partial charge is 0.192 e. The lowest BCUT2D eigenvalue weighted by atomic mass is 9.87. The Morgan fingerprint density at radius 3 is 2.81 bits per heavy atom. The summed E-state index contributed by atoms with van der Waals surface area (Å²) < 4.78 is 5.64. The highest BCUT2D eigenvalue weighted by Crippen LogP contribution is 2.41. The zero-order chi connectivity index (χ0) is 18.7. The molecule has 0 radical (unpaired) electrons. The van der Waals surface area contributed by atoms with Gasteiger partial charge in [0.05, 0.1) is 6.10 Å². The van der Waals surface area contributed by atoms with E-state index in [1.54, 1.807) is 6.07 Å². The molecule has 26 heavy (non-hydrogen) atoms. The topological polar surface area (TPSA) is 70.0 Å². The summed E-state index contributed by atoms with van der Waals surface area (Å²) >= 11 is 0. The molecule has 1 aromatic rings. The third-order valence-electron chi connectivity index (χ3n) is 4.98. The second-order valence-electron chi connectivity index (χ2n) is 7.20. The van der Waals surface area contributed by atoms with E-state index in [9.17, 15) is 15.0 Å². The minimum Gasteiger partial charge on any atom is -0.504 e. The van der Waals surface area contributed by atoms with Crippen LogP contribution in [0.1, 0.15) is 36.8 Å². The van der Waals surface area contributed by atoms with Crippen LogP contribution in [0.3, 0.4) is 0 Å². The summed E-state index contributed by atoms with van der Waals surface area (Å²) in [6.45, 7) is 2.86. The number of aromatic hydroxyl groups is 1. The van der Waals surface area contributed by atoms with Gasteiger partial charge in [-0.15, -0.1) is 0 Å². The van der Waals surface area contributed by atoms with Crippen molar-refractivity contribution >= 4 is 5.78 Å². The molecule has 1 heterocycles. The van der Waals surface area contributed by atoms with E-state index in [1.165, 1.54) is 25.0 Å². The van der Waals surface area contributed by atoms with Crippen LogP contribution in [-0.2, 0) is 11.2 Å². The number of nitrogens with zero attached hydrogens (tertiary/aromatic N) is 1. The lowest BCUT2D eigenvalue weighted by Gasteiger charge is -2.24. The van der Waals surface area contributed by atoms with Gasteiger partial charge in [0, 0.05) is 25.1 Å². The Balaban J connectivity index is 2.01. The van der Waals surface area contributed by atoms with Gasteiger partial charge >= 0.3 is 0 Å². The predicted molar refractivity (Wildman–Crippen MR) is 100 cm³/mol. The van der Waals surface area contributed by atoms with Crippen LogP contribution in [0.2, 0.25) is 0 Å². The zero-order valence-corrected chi connectivity index (χ0v) is 15.4. The first kappa shape index (κ1) is 18.5. The Bertz CT molecular complexity index is 721. The normalized spacial score (nSPS) is 23.1. The minimum atomic E-state index is -0.878. The largest absolute Gasteiger partial charge is 0.504 e. The molecule has 0 spiro atoms. The van der Waals surface area contributed by atoms with Crippen molar-refractivity contribution in [1.29, 1.82) is 0 Å². The molecule has 1 aromatic carbocycles. The fraction of sp³-hybridized carbons (Fsp3) is 0.476. The molecule has 0 bridgehead atoms. The van der Waals surface area contributed by atoms with Gasteiger partial charge in [-0.3, -0.25) is 4.79 Å². The first-order valence-electron chi connectivity index (χ1n) is 9.24. The first-order valence-corrected chi connectivity index (χ1v) is 9.24. The summed E-state index contributed by atoms with van der Waals surface area (Å²) in [7, 11) is 2.02. The number of aliphatic hydroxyl groups is 1. The lowest BCUT2D eigenvalue weighted by molar-refractivity contribution is -0.116. The molecular formula is C21H27NO4. The molecule has 5 heteroatoms. The number of phenolic OH excluding ortho intramolecular Hbond substituents is 1. The van der Waals surface area contributed by atoms with Gasteiger partial charge in [-0.05, 0) is 49.1 Å². The summed E-state index contributed by atoms with van der Waals surface area (Å²) in [6, 6.07) is 3.43. The van der Waals surface area contributed by atoms with E-state index in [0.29, 0.717) is 5.75 Å². The summed E-state index contributed by atoms with van der Waals surface area (Å²) in [5.74, 6) is 0.393. The van der Waals surface area contributed by atoms with Gasteiger partial charge in [0.2, 0.25) is 0 Å². The summed E-state index contributed by atoms with van der Waals surface area (Å²) in [4.78, 5) is 14.0. The highest BCUT2D eigenvalue weighted by Gasteiger charge is 2.27. The van der Waals surface area contributed by atoms with Crippen molar-refractivity contribution in [3.8, 4) is 11.5 Å². The molecule has 0 saturated heterocycles. The second-order valence-corrected chi connectivity index (χ2v) is 7.20. The average Bonchev–Trinajstić information content (AvgIpc) is 3.42. The maximum absolute atomic E-state index is 11.9. The Hall–Kier alpha value is -2.27. The van der Waals surface area contributed by atoms with Crippen molar-refractivity contribution in [2.75, 3.05) is 20.2 Å². The van der Waals surface area contributed by atoms with E-state index in [1.807, 2.05) is 32.3 Å². The van der Waals surface area contributed by atoms with Gasteiger partial charge in [-0.2, -0.15) is 0 Å². The van der Waals surface area contributed by atoms with Crippen molar-refractivity contribution in [3.05, 3.63) is 47.7 Å². The average molecular weight is 357 g/mol. The molecule has 140 valence electrons. The molecule has 0 amide bonds. The maximum atomic E-state index is 11.9. The van der Waals surface area contributed by atoms with Crippen molar-refractivity contribution < 1.29 is 19.7 Å². The standard InChI is InChI=1S/C21H27NO4/c1-3-15-6-8-19(25)21-20(15)17(10-11-22(2)12-14-4-5-14)18(24)9-7-16(23)13-26-21/h6-11,14,17-18,24-25H,3-5,12-13H2,1-2H3. The first-order chi connectivity index (χ1) is 12.5. The molecule has 2 aliphatic rings. The minimum absolute atomic E-state index is 0.0103. The zero-order valence-electron chi connectivity index (χ0n) is 15.4. The number of ether oxygens (including phenoxy) is 1. The van der Waals surface area contributed by atoms with E-state index in [2.05, 4.69) is 4.90 Å². The monoisotopic (exact) mass is 357 g/mol. The number of hydrogen-bond acceptors (Lipinski definition) is 5. The summed E-state index contributed by atoms with van der Waals surface area (Å²) in [5, 5.41) is 21.0. The highest BCUT2D eigenvalue weighted by molar-refractivity contribution is 5.91.